The van der Waals surface area contributed by atoms with Crippen LogP contribution >= 0.6 is 0 Å². The van der Waals surface area contributed by atoms with E-state index < -0.39 is 0 Å². The number of imidazole rings is 1. The minimum absolute atomic E-state index is 0.243. The Kier molecular flexibility index (Phi) is 4.64. The highest BCUT2D eigenvalue weighted by Gasteiger charge is 2.08. The van der Waals surface area contributed by atoms with Gasteiger partial charge in [0, 0.05) is 46.8 Å². The molecule has 31 heavy (non-hydrogen) atoms. The van der Waals surface area contributed by atoms with E-state index in [1.54, 1.807) is 12.4 Å². The minimum atomic E-state index is 0.243. The smallest absolute Gasteiger partial charge is 0.222 e. The number of aromatic amines is 1. The number of nitrogen functional groups attached to an aromatic ring is 1. The number of pyridine rings is 1. The Hall–Kier alpha value is -4.46. The van der Waals surface area contributed by atoms with Gasteiger partial charge in [0.15, 0.2) is 0 Å². The monoisotopic (exact) mass is 408 g/mol. The summed E-state index contributed by atoms with van der Waals surface area (Å²) in [6.45, 7) is 1.88. The van der Waals surface area contributed by atoms with Crippen molar-refractivity contribution in [3.8, 4) is 11.4 Å². The van der Waals surface area contributed by atoms with Crippen LogP contribution in [0.15, 0.2) is 73.1 Å². The Morgan fingerprint density at radius 3 is 2.29 bits per heavy atom. The lowest BCUT2D eigenvalue weighted by molar-refractivity contribution is 1.12. The molecule has 0 aliphatic heterocycles. The molecule has 2 aromatic carbocycles. The van der Waals surface area contributed by atoms with Gasteiger partial charge in [0.1, 0.15) is 11.6 Å². The van der Waals surface area contributed by atoms with Crippen molar-refractivity contribution in [2.75, 3.05) is 16.4 Å². The molecule has 5 N–H and O–H groups in total. The molecule has 5 aromatic rings. The zero-order valence-electron chi connectivity index (χ0n) is 16.8. The predicted molar refractivity (Wildman–Crippen MR) is 124 cm³/mol. The fourth-order valence-electron chi connectivity index (χ4n) is 3.34. The van der Waals surface area contributed by atoms with Crippen molar-refractivity contribution >= 4 is 39.9 Å². The first-order chi connectivity index (χ1) is 15.1. The Morgan fingerprint density at radius 2 is 1.52 bits per heavy atom. The molecule has 3 heterocycles. The van der Waals surface area contributed by atoms with Gasteiger partial charge in [-0.3, -0.25) is 4.98 Å². The van der Waals surface area contributed by atoms with E-state index in [9.17, 15) is 0 Å². The molecular formula is C23H20N8. The molecule has 0 radical (unpaired) electrons. The maximum atomic E-state index is 5.74. The van der Waals surface area contributed by atoms with E-state index in [1.165, 1.54) is 0 Å². The first-order valence-corrected chi connectivity index (χ1v) is 9.78. The molecular weight excluding hydrogens is 388 g/mol. The summed E-state index contributed by atoms with van der Waals surface area (Å²) in [7, 11) is 0. The van der Waals surface area contributed by atoms with Crippen LogP contribution in [0.2, 0.25) is 0 Å². The van der Waals surface area contributed by atoms with Crippen molar-refractivity contribution in [1.82, 2.24) is 24.9 Å². The molecule has 0 atom stereocenters. The molecule has 0 spiro atoms. The van der Waals surface area contributed by atoms with E-state index in [0.29, 0.717) is 5.82 Å². The summed E-state index contributed by atoms with van der Waals surface area (Å²) in [5.41, 5.74) is 12.2. The van der Waals surface area contributed by atoms with Gasteiger partial charge in [-0.25, -0.2) is 9.97 Å². The molecule has 0 aliphatic carbocycles. The van der Waals surface area contributed by atoms with Crippen molar-refractivity contribution in [3.63, 3.8) is 0 Å². The summed E-state index contributed by atoms with van der Waals surface area (Å²) in [6, 6.07) is 19.8. The second kappa shape index (κ2) is 7.75. The van der Waals surface area contributed by atoms with E-state index >= 15 is 0 Å². The van der Waals surface area contributed by atoms with E-state index in [2.05, 4.69) is 30.6 Å². The fraction of sp³-hybridized carbons (Fsp3) is 0.0435. The van der Waals surface area contributed by atoms with Crippen molar-refractivity contribution in [2.45, 2.75) is 6.92 Å². The average Bonchev–Trinajstić information content (AvgIpc) is 3.18. The number of hydrogen-bond acceptors (Lipinski definition) is 7. The molecule has 0 aliphatic rings. The molecule has 0 amide bonds. The van der Waals surface area contributed by atoms with E-state index in [0.717, 1.165) is 45.2 Å². The molecule has 0 bridgehead atoms. The van der Waals surface area contributed by atoms with Gasteiger partial charge in [0.25, 0.3) is 0 Å². The van der Waals surface area contributed by atoms with Crippen molar-refractivity contribution in [2.24, 2.45) is 0 Å². The SMILES string of the molecule is Cc1cc(Nc2ccc3[nH]c(-c4ccc(Nc5ccncc5)cc4)nc3c2)nc(N)n1. The van der Waals surface area contributed by atoms with Gasteiger partial charge < -0.3 is 21.4 Å². The molecule has 0 saturated heterocycles. The van der Waals surface area contributed by atoms with Crippen LogP contribution in [0.25, 0.3) is 22.4 Å². The number of aryl methyl sites for hydroxylation is 1. The number of nitrogens with zero attached hydrogens (tertiary/aromatic N) is 4. The minimum Gasteiger partial charge on any atom is -0.368 e. The van der Waals surface area contributed by atoms with Gasteiger partial charge >= 0.3 is 0 Å². The number of rotatable bonds is 5. The summed E-state index contributed by atoms with van der Waals surface area (Å²) < 4.78 is 0. The lowest BCUT2D eigenvalue weighted by Gasteiger charge is -2.06. The van der Waals surface area contributed by atoms with Crippen molar-refractivity contribution in [1.29, 1.82) is 0 Å². The maximum Gasteiger partial charge on any atom is 0.222 e. The highest BCUT2D eigenvalue weighted by atomic mass is 15.1. The highest BCUT2D eigenvalue weighted by Crippen LogP contribution is 2.26. The lowest BCUT2D eigenvalue weighted by atomic mass is 10.2. The third-order valence-corrected chi connectivity index (χ3v) is 4.75. The summed E-state index contributed by atoms with van der Waals surface area (Å²) in [5.74, 6) is 1.70. The third-order valence-electron chi connectivity index (χ3n) is 4.75. The molecule has 3 aromatic heterocycles. The Balaban J connectivity index is 1.37. The van der Waals surface area contributed by atoms with Crippen LogP contribution in [0.3, 0.4) is 0 Å². The van der Waals surface area contributed by atoms with Gasteiger partial charge in [-0.15, -0.1) is 0 Å². The predicted octanol–water partition coefficient (Wildman–Crippen LogP) is 4.79. The highest BCUT2D eigenvalue weighted by molar-refractivity contribution is 5.83. The van der Waals surface area contributed by atoms with Gasteiger partial charge in [-0.1, -0.05) is 0 Å². The van der Waals surface area contributed by atoms with Gasteiger partial charge in [-0.2, -0.15) is 4.98 Å². The molecule has 5 rings (SSSR count). The summed E-state index contributed by atoms with van der Waals surface area (Å²) in [6.07, 6.45) is 3.52. The van der Waals surface area contributed by atoms with Crippen LogP contribution in [0, 0.1) is 6.92 Å². The molecule has 8 heteroatoms. The number of hydrogen-bond donors (Lipinski definition) is 4. The van der Waals surface area contributed by atoms with Crippen LogP contribution < -0.4 is 16.4 Å². The Morgan fingerprint density at radius 1 is 0.774 bits per heavy atom. The van der Waals surface area contributed by atoms with Gasteiger partial charge in [-0.05, 0) is 61.5 Å². The zero-order chi connectivity index (χ0) is 21.2. The van der Waals surface area contributed by atoms with E-state index in [-0.39, 0.29) is 5.95 Å². The first kappa shape index (κ1) is 18.6. The number of nitrogens with two attached hydrogens (primary N) is 1. The van der Waals surface area contributed by atoms with Crippen molar-refractivity contribution < 1.29 is 0 Å². The number of benzene rings is 2. The summed E-state index contributed by atoms with van der Waals surface area (Å²) >= 11 is 0. The normalized spacial score (nSPS) is 10.9. The van der Waals surface area contributed by atoms with Crippen LogP contribution in [0.1, 0.15) is 5.69 Å². The fourth-order valence-corrected chi connectivity index (χ4v) is 3.34. The molecule has 0 saturated carbocycles. The number of aromatic nitrogens is 5. The van der Waals surface area contributed by atoms with Crippen LogP contribution in [0.4, 0.5) is 28.8 Å². The Bertz CT molecular complexity index is 1320. The summed E-state index contributed by atoms with van der Waals surface area (Å²) in [5, 5.41) is 6.61. The maximum absolute atomic E-state index is 5.74. The van der Waals surface area contributed by atoms with Crippen LogP contribution in [-0.2, 0) is 0 Å². The number of fused-ring (bicyclic) bond motifs is 1. The number of nitrogens with one attached hydrogen (secondary N) is 3. The topological polar surface area (TPSA) is 117 Å². The summed E-state index contributed by atoms with van der Waals surface area (Å²) in [4.78, 5) is 20.5. The van der Waals surface area contributed by atoms with E-state index in [1.807, 2.05) is 67.6 Å². The third kappa shape index (κ3) is 4.13. The molecule has 0 fully saturated rings. The molecule has 0 unspecified atom stereocenters. The van der Waals surface area contributed by atoms with Crippen molar-refractivity contribution in [3.05, 3.63) is 78.8 Å². The lowest BCUT2D eigenvalue weighted by Crippen LogP contribution is -2.01. The second-order valence-electron chi connectivity index (χ2n) is 7.13. The molecule has 8 nitrogen and oxygen atoms in total. The average molecular weight is 408 g/mol. The second-order valence-corrected chi connectivity index (χ2v) is 7.13. The Labute approximate surface area is 178 Å². The number of anilines is 5. The molecule has 152 valence electrons. The standard InChI is InChI=1S/C23H20N8/c1-14-12-21(31-23(24)26-14)28-18-6-7-19-20(13-18)30-22(29-19)15-2-4-16(5-3-15)27-17-8-10-25-11-9-17/h2-13H,1H3,(H,25,27)(H,29,30)(H3,24,26,28,31). The zero-order valence-corrected chi connectivity index (χ0v) is 16.8. The van der Waals surface area contributed by atoms with Crippen LogP contribution in [-0.4, -0.2) is 24.9 Å². The number of H-pyrrole nitrogens is 1. The van der Waals surface area contributed by atoms with Gasteiger partial charge in [0.2, 0.25) is 5.95 Å². The first-order valence-electron chi connectivity index (χ1n) is 9.78. The van der Waals surface area contributed by atoms with E-state index in [4.69, 9.17) is 10.7 Å². The van der Waals surface area contributed by atoms with Gasteiger partial charge in [0.05, 0.1) is 11.0 Å². The largest absolute Gasteiger partial charge is 0.368 e. The quantitative estimate of drug-likeness (QED) is 0.330. The van der Waals surface area contributed by atoms with Crippen LogP contribution in [0.5, 0.6) is 0 Å².